The second-order valence-corrected chi connectivity index (χ2v) is 10.7. The summed E-state index contributed by atoms with van der Waals surface area (Å²) in [6.07, 6.45) is 3.20. The van der Waals surface area contributed by atoms with E-state index in [4.69, 9.17) is 4.74 Å². The molecule has 8 nitrogen and oxygen atoms in total. The molecular formula is C34H34N4O4. The Morgan fingerprint density at radius 3 is 2.36 bits per heavy atom. The van der Waals surface area contributed by atoms with E-state index in [1.165, 1.54) is 0 Å². The maximum absolute atomic E-state index is 13.2. The monoisotopic (exact) mass is 562 g/mol. The number of amides is 1. The fourth-order valence-corrected chi connectivity index (χ4v) is 5.09. The molecule has 0 saturated carbocycles. The van der Waals surface area contributed by atoms with E-state index >= 15 is 0 Å². The summed E-state index contributed by atoms with van der Waals surface area (Å²) in [6.45, 7) is 10.5. The van der Waals surface area contributed by atoms with Crippen molar-refractivity contribution in [1.82, 2.24) is 19.9 Å². The van der Waals surface area contributed by atoms with E-state index in [2.05, 4.69) is 33.7 Å². The Morgan fingerprint density at radius 1 is 0.952 bits per heavy atom. The molecule has 0 fully saturated rings. The molecule has 5 rings (SSSR count). The van der Waals surface area contributed by atoms with Crippen molar-refractivity contribution in [3.05, 3.63) is 113 Å². The first-order valence-corrected chi connectivity index (χ1v) is 13.9. The van der Waals surface area contributed by atoms with Gasteiger partial charge in [0.1, 0.15) is 0 Å². The maximum Gasteiger partial charge on any atom is 0.336 e. The lowest BCUT2D eigenvalue weighted by Crippen LogP contribution is -2.27. The minimum Gasteiger partial charge on any atom is -0.478 e. The van der Waals surface area contributed by atoms with Crippen LogP contribution in [0.1, 0.15) is 70.0 Å². The number of nitrogens with zero attached hydrogens (tertiary/aromatic N) is 3. The van der Waals surface area contributed by atoms with Crippen LogP contribution in [0.25, 0.3) is 22.0 Å². The summed E-state index contributed by atoms with van der Waals surface area (Å²) in [5, 5.41) is 13.6. The van der Waals surface area contributed by atoms with Crippen LogP contribution in [0.5, 0.6) is 5.88 Å². The summed E-state index contributed by atoms with van der Waals surface area (Å²) in [5.41, 5.74) is 7.43. The first-order chi connectivity index (χ1) is 20.1. The number of rotatable bonds is 9. The summed E-state index contributed by atoms with van der Waals surface area (Å²) in [7, 11) is 0. The van der Waals surface area contributed by atoms with Crippen LogP contribution >= 0.6 is 0 Å². The van der Waals surface area contributed by atoms with Gasteiger partial charge in [0.15, 0.2) is 0 Å². The van der Waals surface area contributed by atoms with Crippen LogP contribution in [-0.4, -0.2) is 37.6 Å². The van der Waals surface area contributed by atoms with Gasteiger partial charge in [0, 0.05) is 28.7 Å². The van der Waals surface area contributed by atoms with Crippen LogP contribution in [0.15, 0.2) is 79.1 Å². The highest BCUT2D eigenvalue weighted by molar-refractivity contribution is 5.99. The fourth-order valence-electron chi connectivity index (χ4n) is 5.09. The maximum atomic E-state index is 13.2. The van der Waals surface area contributed by atoms with Gasteiger partial charge >= 0.3 is 5.97 Å². The molecule has 2 N–H and O–H groups in total. The van der Waals surface area contributed by atoms with Gasteiger partial charge < -0.3 is 19.7 Å². The number of ether oxygens (including phenoxy) is 1. The quantitative estimate of drug-likeness (QED) is 0.206. The number of carboxylic acids is 1. The number of carboxylic acid groups (broad SMARTS) is 1. The number of hydrogen-bond donors (Lipinski definition) is 2. The molecule has 0 saturated heterocycles. The third kappa shape index (κ3) is 5.88. The Morgan fingerprint density at radius 2 is 1.69 bits per heavy atom. The van der Waals surface area contributed by atoms with Gasteiger partial charge in [-0.05, 0) is 81.1 Å². The molecule has 214 valence electrons. The summed E-state index contributed by atoms with van der Waals surface area (Å²) < 4.78 is 7.80. The zero-order valence-electron chi connectivity index (χ0n) is 24.4. The van der Waals surface area contributed by atoms with Crippen LogP contribution in [-0.2, 0) is 6.54 Å². The highest BCUT2D eigenvalue weighted by Crippen LogP contribution is 2.29. The number of aromatic nitrogens is 3. The first-order valence-electron chi connectivity index (χ1n) is 13.9. The SMILES string of the molecule is Cc1c(C)n(Cc2ccc(-c3ccccc3C(=O)O)cc2)c2ccc(C(=O)N[C@@H](C)c3cnc(OC(C)C)cn3)cc12. The van der Waals surface area contributed by atoms with Crippen LogP contribution in [0, 0.1) is 13.8 Å². The molecule has 0 spiro atoms. The predicted molar refractivity (Wildman–Crippen MR) is 163 cm³/mol. The van der Waals surface area contributed by atoms with E-state index in [-0.39, 0.29) is 23.6 Å². The minimum atomic E-state index is -0.943. The van der Waals surface area contributed by atoms with E-state index < -0.39 is 5.97 Å². The molecule has 0 aliphatic carbocycles. The van der Waals surface area contributed by atoms with Gasteiger partial charge in [0.25, 0.3) is 5.91 Å². The van der Waals surface area contributed by atoms with E-state index in [1.54, 1.807) is 24.5 Å². The Bertz CT molecular complexity index is 1760. The normalized spacial score (nSPS) is 12.0. The van der Waals surface area contributed by atoms with Crippen molar-refractivity contribution in [1.29, 1.82) is 0 Å². The van der Waals surface area contributed by atoms with Gasteiger partial charge in [-0.3, -0.25) is 9.78 Å². The van der Waals surface area contributed by atoms with Crippen molar-refractivity contribution in [3.8, 4) is 17.0 Å². The molecule has 0 radical (unpaired) electrons. The van der Waals surface area contributed by atoms with Crippen molar-refractivity contribution in [2.75, 3.05) is 0 Å². The number of hydrogen-bond acceptors (Lipinski definition) is 5. The molecule has 5 aromatic rings. The molecule has 2 heterocycles. The predicted octanol–water partition coefficient (Wildman–Crippen LogP) is 6.74. The molecule has 8 heteroatoms. The molecule has 2 aromatic heterocycles. The minimum absolute atomic E-state index is 0.00770. The third-order valence-electron chi connectivity index (χ3n) is 7.46. The second kappa shape index (κ2) is 11.9. The lowest BCUT2D eigenvalue weighted by Gasteiger charge is -2.14. The number of carbonyl (C=O) groups is 2. The van der Waals surface area contributed by atoms with Crippen LogP contribution in [0.4, 0.5) is 0 Å². The fraction of sp³-hybridized carbons (Fsp3) is 0.235. The van der Waals surface area contributed by atoms with Gasteiger partial charge in [0.05, 0.1) is 35.8 Å². The lowest BCUT2D eigenvalue weighted by atomic mass is 9.99. The Hall–Kier alpha value is -4.98. The van der Waals surface area contributed by atoms with Crippen molar-refractivity contribution in [2.45, 2.75) is 53.3 Å². The highest BCUT2D eigenvalue weighted by Gasteiger charge is 2.17. The van der Waals surface area contributed by atoms with Crippen molar-refractivity contribution in [2.24, 2.45) is 0 Å². The number of aromatic carboxylic acids is 1. The Kier molecular flexibility index (Phi) is 8.06. The topological polar surface area (TPSA) is 106 Å². The van der Waals surface area contributed by atoms with Crippen molar-refractivity contribution >= 4 is 22.8 Å². The standard InChI is InChI=1S/C34H34N4O4/c1-20(2)42-32-18-35-30(17-36-32)22(4)37-33(39)26-14-15-31-29(16-26)21(3)23(5)38(31)19-24-10-12-25(13-11-24)27-8-6-7-9-28(27)34(40)41/h6-18,20,22H,19H2,1-5H3,(H,37,39)(H,40,41)/t22-/m0/s1. The Balaban J connectivity index is 1.34. The van der Waals surface area contributed by atoms with Gasteiger partial charge in [-0.15, -0.1) is 0 Å². The number of benzene rings is 3. The van der Waals surface area contributed by atoms with E-state index in [9.17, 15) is 14.7 Å². The summed E-state index contributed by atoms with van der Waals surface area (Å²) in [4.78, 5) is 33.5. The van der Waals surface area contributed by atoms with E-state index in [0.717, 1.165) is 33.3 Å². The van der Waals surface area contributed by atoms with E-state index in [0.29, 0.717) is 29.2 Å². The van der Waals surface area contributed by atoms with Crippen LogP contribution < -0.4 is 10.1 Å². The molecule has 1 atom stereocenters. The number of fused-ring (bicyclic) bond motifs is 1. The van der Waals surface area contributed by atoms with Crippen LogP contribution in [0.3, 0.4) is 0 Å². The zero-order chi connectivity index (χ0) is 30.0. The van der Waals surface area contributed by atoms with Crippen molar-refractivity contribution < 1.29 is 19.4 Å². The largest absolute Gasteiger partial charge is 0.478 e. The molecule has 42 heavy (non-hydrogen) atoms. The number of carbonyl (C=O) groups excluding carboxylic acids is 1. The molecule has 0 aliphatic heterocycles. The Labute approximate surface area is 245 Å². The summed E-state index contributed by atoms with van der Waals surface area (Å²) in [6, 6.07) is 20.5. The second-order valence-electron chi connectivity index (χ2n) is 10.7. The molecule has 0 unspecified atom stereocenters. The molecule has 3 aromatic carbocycles. The van der Waals surface area contributed by atoms with Gasteiger partial charge in [-0.1, -0.05) is 42.5 Å². The first kappa shape index (κ1) is 28.5. The average Bonchev–Trinajstić information content (AvgIpc) is 3.21. The highest BCUT2D eigenvalue weighted by atomic mass is 16.5. The third-order valence-corrected chi connectivity index (χ3v) is 7.46. The summed E-state index contributed by atoms with van der Waals surface area (Å²) >= 11 is 0. The van der Waals surface area contributed by atoms with Crippen molar-refractivity contribution in [3.63, 3.8) is 0 Å². The van der Waals surface area contributed by atoms with Gasteiger partial charge in [0.2, 0.25) is 5.88 Å². The van der Waals surface area contributed by atoms with E-state index in [1.807, 2.05) is 75.4 Å². The molecular weight excluding hydrogens is 528 g/mol. The van der Waals surface area contributed by atoms with Gasteiger partial charge in [-0.2, -0.15) is 0 Å². The number of nitrogens with one attached hydrogen (secondary N) is 1. The average molecular weight is 563 g/mol. The zero-order valence-corrected chi connectivity index (χ0v) is 24.4. The molecule has 0 bridgehead atoms. The molecule has 0 aliphatic rings. The van der Waals surface area contributed by atoms with Gasteiger partial charge in [-0.25, -0.2) is 9.78 Å². The van der Waals surface area contributed by atoms with Crippen LogP contribution in [0.2, 0.25) is 0 Å². The molecule has 1 amide bonds. The lowest BCUT2D eigenvalue weighted by molar-refractivity contribution is 0.0697. The number of aryl methyl sites for hydroxylation is 1. The smallest absolute Gasteiger partial charge is 0.336 e. The summed E-state index contributed by atoms with van der Waals surface area (Å²) in [5.74, 6) is -0.676.